The molecule has 0 radical (unpaired) electrons. The molecule has 2 heterocycles. The van der Waals surface area contributed by atoms with Gasteiger partial charge in [0.25, 0.3) is 0 Å². The zero-order valence-corrected chi connectivity index (χ0v) is 17.9. The monoisotopic (exact) mass is 400 g/mol. The molecule has 7 heteroatoms. The fraction of sp³-hybridized carbons (Fsp3) is 0.947. The van der Waals surface area contributed by atoms with Crippen LogP contribution >= 0.6 is 11.8 Å². The second kappa shape index (κ2) is 6.46. The van der Waals surface area contributed by atoms with Gasteiger partial charge in [-0.15, -0.1) is 0 Å². The molecular weight excluding hydrogens is 368 g/mol. The van der Waals surface area contributed by atoms with E-state index in [1.807, 2.05) is 0 Å². The van der Waals surface area contributed by atoms with Crippen molar-refractivity contribution in [3.63, 3.8) is 0 Å². The molecule has 0 aromatic carbocycles. The van der Waals surface area contributed by atoms with Crippen LogP contribution in [0.25, 0.3) is 0 Å². The van der Waals surface area contributed by atoms with E-state index in [0.29, 0.717) is 36.7 Å². The third-order valence-electron chi connectivity index (χ3n) is 8.08. The summed E-state index contributed by atoms with van der Waals surface area (Å²) in [6.07, 6.45) is 6.85. The predicted octanol–water partition coefficient (Wildman–Crippen LogP) is 2.22. The first-order valence-electron chi connectivity index (χ1n) is 9.99. The van der Waals surface area contributed by atoms with Crippen molar-refractivity contribution in [2.24, 2.45) is 16.7 Å². The van der Waals surface area contributed by atoms with Crippen LogP contribution in [-0.2, 0) is 14.8 Å². The highest BCUT2D eigenvalue weighted by molar-refractivity contribution is 7.99. The van der Waals surface area contributed by atoms with E-state index < -0.39 is 15.4 Å². The van der Waals surface area contributed by atoms with Crippen LogP contribution in [0.3, 0.4) is 0 Å². The van der Waals surface area contributed by atoms with Crippen molar-refractivity contribution in [1.82, 2.24) is 9.21 Å². The molecule has 2 aliphatic heterocycles. The fourth-order valence-corrected chi connectivity index (χ4v) is 9.36. The topological polar surface area (TPSA) is 57.7 Å². The lowest BCUT2D eigenvalue weighted by Gasteiger charge is -2.37. The van der Waals surface area contributed by atoms with E-state index in [1.165, 1.54) is 12.8 Å². The number of hydrogen-bond acceptors (Lipinski definition) is 5. The zero-order chi connectivity index (χ0) is 18.7. The largest absolute Gasteiger partial charge is 0.299 e. The maximum Gasteiger partial charge on any atom is 0.215 e. The normalized spacial score (nSPS) is 40.7. The molecule has 0 unspecified atom stereocenters. The number of thioether (sulfide) groups is 1. The number of hydrogen-bond donors (Lipinski definition) is 0. The Labute approximate surface area is 162 Å². The second-order valence-electron chi connectivity index (χ2n) is 9.32. The van der Waals surface area contributed by atoms with Gasteiger partial charge in [-0.05, 0) is 56.4 Å². The standard InChI is InChI=1S/C19H32N2O3S2/c1-18(2)14-6-7-19(18,17(22)10-14)13-26(23,24)21-11-15(16(12-21)25-3)20-8-4-5-9-20/h14-16H,4-13H2,1-3H3/t14-,15-,16+,19-/m0/s1. The van der Waals surface area contributed by atoms with E-state index in [-0.39, 0.29) is 17.0 Å². The minimum Gasteiger partial charge on any atom is -0.299 e. The smallest absolute Gasteiger partial charge is 0.215 e. The summed E-state index contributed by atoms with van der Waals surface area (Å²) in [7, 11) is -3.42. The lowest BCUT2D eigenvalue weighted by atomic mass is 9.70. The number of nitrogens with zero attached hydrogens (tertiary/aromatic N) is 2. The van der Waals surface area contributed by atoms with Crippen LogP contribution in [0.2, 0.25) is 0 Å². The van der Waals surface area contributed by atoms with Crippen LogP contribution in [0.4, 0.5) is 0 Å². The van der Waals surface area contributed by atoms with Crippen molar-refractivity contribution in [2.75, 3.05) is 38.2 Å². The molecule has 0 N–H and O–H groups in total. The predicted molar refractivity (Wildman–Crippen MR) is 106 cm³/mol. The van der Waals surface area contributed by atoms with Gasteiger partial charge >= 0.3 is 0 Å². The Bertz CT molecular complexity index is 687. The molecule has 2 saturated carbocycles. The Morgan fingerprint density at radius 1 is 1.19 bits per heavy atom. The van der Waals surface area contributed by atoms with E-state index in [2.05, 4.69) is 25.0 Å². The first-order valence-corrected chi connectivity index (χ1v) is 12.9. The Kier molecular flexibility index (Phi) is 4.78. The molecule has 0 aromatic rings. The van der Waals surface area contributed by atoms with Gasteiger partial charge in [0, 0.05) is 36.2 Å². The lowest BCUT2D eigenvalue weighted by Crippen LogP contribution is -2.46. The number of likely N-dealkylation sites (tertiary alicyclic amines) is 1. The second-order valence-corrected chi connectivity index (χ2v) is 12.4. The van der Waals surface area contributed by atoms with E-state index in [9.17, 15) is 13.2 Å². The van der Waals surface area contributed by atoms with Crippen molar-refractivity contribution in [1.29, 1.82) is 0 Å². The van der Waals surface area contributed by atoms with E-state index in [1.54, 1.807) is 16.1 Å². The first kappa shape index (κ1) is 19.2. The maximum atomic E-state index is 13.4. The summed E-state index contributed by atoms with van der Waals surface area (Å²) in [5, 5.41) is 0.337. The highest BCUT2D eigenvalue weighted by atomic mass is 32.2. The van der Waals surface area contributed by atoms with Gasteiger partial charge < -0.3 is 0 Å². The van der Waals surface area contributed by atoms with Crippen molar-refractivity contribution >= 4 is 27.6 Å². The van der Waals surface area contributed by atoms with Crippen molar-refractivity contribution in [3.8, 4) is 0 Å². The molecular formula is C19H32N2O3S2. The van der Waals surface area contributed by atoms with Gasteiger partial charge in [0.05, 0.1) is 5.75 Å². The summed E-state index contributed by atoms with van der Waals surface area (Å²) in [5.41, 5.74) is -0.846. The molecule has 2 aliphatic carbocycles. The number of fused-ring (bicyclic) bond motifs is 2. The number of rotatable bonds is 5. The minimum absolute atomic E-state index is 0.0240. The number of carbonyl (C=O) groups excluding carboxylic acids is 1. The molecule has 0 spiro atoms. The number of carbonyl (C=O) groups is 1. The molecule has 0 aromatic heterocycles. The van der Waals surface area contributed by atoms with Gasteiger partial charge in [0.1, 0.15) is 5.78 Å². The summed E-state index contributed by atoms with van der Waals surface area (Å²) in [6, 6.07) is 0.323. The summed E-state index contributed by atoms with van der Waals surface area (Å²) >= 11 is 1.79. The summed E-state index contributed by atoms with van der Waals surface area (Å²) in [5.74, 6) is 0.579. The van der Waals surface area contributed by atoms with E-state index in [0.717, 1.165) is 25.9 Å². The van der Waals surface area contributed by atoms with Crippen LogP contribution in [0.15, 0.2) is 0 Å². The van der Waals surface area contributed by atoms with Crippen LogP contribution in [-0.4, -0.2) is 72.9 Å². The molecule has 148 valence electrons. The van der Waals surface area contributed by atoms with Crippen LogP contribution < -0.4 is 0 Å². The van der Waals surface area contributed by atoms with Crippen molar-refractivity contribution < 1.29 is 13.2 Å². The number of sulfonamides is 1. The summed E-state index contributed by atoms with van der Waals surface area (Å²) in [6.45, 7) is 7.61. The quantitative estimate of drug-likeness (QED) is 0.708. The molecule has 4 fully saturated rings. The Morgan fingerprint density at radius 3 is 2.42 bits per heavy atom. The summed E-state index contributed by atoms with van der Waals surface area (Å²) in [4.78, 5) is 15.2. The third-order valence-corrected chi connectivity index (χ3v) is 11.1. The molecule has 2 saturated heterocycles. The summed E-state index contributed by atoms with van der Waals surface area (Å²) < 4.78 is 28.5. The molecule has 0 amide bonds. The van der Waals surface area contributed by atoms with Crippen molar-refractivity contribution in [2.45, 2.75) is 57.2 Å². The molecule has 5 nitrogen and oxygen atoms in total. The Balaban J connectivity index is 1.55. The average Bonchev–Trinajstić information content (AvgIpc) is 3.31. The Morgan fingerprint density at radius 2 is 1.88 bits per heavy atom. The minimum atomic E-state index is -3.42. The van der Waals surface area contributed by atoms with Crippen LogP contribution in [0.1, 0.15) is 46.0 Å². The van der Waals surface area contributed by atoms with E-state index >= 15 is 0 Å². The molecule has 4 rings (SSSR count). The van der Waals surface area contributed by atoms with Gasteiger partial charge in [-0.3, -0.25) is 9.69 Å². The van der Waals surface area contributed by atoms with Gasteiger partial charge in [0.15, 0.2) is 0 Å². The zero-order valence-electron chi connectivity index (χ0n) is 16.2. The first-order chi connectivity index (χ1) is 12.2. The lowest BCUT2D eigenvalue weighted by molar-refractivity contribution is -0.128. The number of ketones is 1. The van der Waals surface area contributed by atoms with Crippen LogP contribution in [0, 0.1) is 16.7 Å². The number of Topliss-reactive ketones (excluding diaryl/α,β-unsaturated/α-hetero) is 1. The van der Waals surface area contributed by atoms with Gasteiger partial charge in [0.2, 0.25) is 10.0 Å². The van der Waals surface area contributed by atoms with Gasteiger partial charge in [-0.1, -0.05) is 13.8 Å². The average molecular weight is 401 g/mol. The highest BCUT2D eigenvalue weighted by Gasteiger charge is 2.65. The maximum absolute atomic E-state index is 13.4. The molecule has 26 heavy (non-hydrogen) atoms. The highest BCUT2D eigenvalue weighted by Crippen LogP contribution is 2.64. The van der Waals surface area contributed by atoms with Gasteiger partial charge in [-0.25, -0.2) is 8.42 Å². The fourth-order valence-electron chi connectivity index (χ4n) is 6.12. The van der Waals surface area contributed by atoms with Crippen LogP contribution in [0.5, 0.6) is 0 Å². The molecule has 4 atom stereocenters. The van der Waals surface area contributed by atoms with Crippen molar-refractivity contribution in [3.05, 3.63) is 0 Å². The van der Waals surface area contributed by atoms with Gasteiger partial charge in [-0.2, -0.15) is 16.1 Å². The Hall–Kier alpha value is -0.110. The molecule has 4 aliphatic rings. The third kappa shape index (κ3) is 2.72. The van der Waals surface area contributed by atoms with E-state index in [4.69, 9.17) is 0 Å². The SMILES string of the molecule is CS[C@@H]1CN(S(=O)(=O)C[C@@]23CC[C@@H](CC2=O)C3(C)C)C[C@@H]1N1CCCC1. The molecule has 2 bridgehead atoms.